The van der Waals surface area contributed by atoms with Crippen LogP contribution in [-0.4, -0.2) is 172 Å². The number of nitrogens with zero attached hydrogens (tertiary/aromatic N) is 5. The molecule has 1 aromatic rings. The monoisotopic (exact) mass is 955 g/mol. The van der Waals surface area contributed by atoms with Crippen LogP contribution in [0.3, 0.4) is 0 Å². The molecule has 0 saturated carbocycles. The van der Waals surface area contributed by atoms with Crippen molar-refractivity contribution >= 4 is 59.2 Å². The minimum atomic E-state index is -1.50. The van der Waals surface area contributed by atoms with Gasteiger partial charge in [-0.3, -0.25) is 43.5 Å². The predicted molar refractivity (Wildman–Crippen MR) is 250 cm³/mol. The Bertz CT molecular complexity index is 1960. The molecule has 0 aromatic heterocycles. The summed E-state index contributed by atoms with van der Waals surface area (Å²) >= 11 is 0. The number of likely N-dealkylation sites (tertiary alicyclic amines) is 3. The molecule has 376 valence electrons. The van der Waals surface area contributed by atoms with E-state index in [0.717, 1.165) is 0 Å². The minimum absolute atomic E-state index is 0.00396. The number of nitrogens with two attached hydrogens (primary N) is 5. The standard InChI is InChI=1S/C44H70N14O10/c45-19-5-4-18-35(60)52-28(13-6-20-50-43(46)47)39(64)58-24-10-17-34(58)41(66)57-23-9-16-33(57)38(63)55-31(26-59)40(65)56-22-8-15-32(56)37(62)54-30(25-27-11-2-1-3-12-27)36(61)53-29(42(67)68)14-7-21-51-44(48)49/h1-3,11-12,28-34,59H,4-10,13-26,45H2,(H,52,60)(H,53,61)(H,54,62)(H,55,63)(H,67,68)(H4,46,47,50)(H4,48,49,51)/t28-,29-,30-,31-,32-,33-,34-/m0/s1. The number of carbonyl (C=O) groups is 8. The molecule has 0 bridgehead atoms. The fourth-order valence-electron chi connectivity index (χ4n) is 8.76. The number of carbonyl (C=O) groups excluding carboxylic acids is 7. The van der Waals surface area contributed by atoms with Crippen LogP contribution in [-0.2, 0) is 44.8 Å². The third-order valence-corrected chi connectivity index (χ3v) is 12.2. The van der Waals surface area contributed by atoms with Gasteiger partial charge in [0.25, 0.3) is 0 Å². The van der Waals surface area contributed by atoms with Gasteiger partial charge in [0, 0.05) is 45.6 Å². The first-order valence-corrected chi connectivity index (χ1v) is 23.4. The van der Waals surface area contributed by atoms with Crippen molar-refractivity contribution in [3.05, 3.63) is 35.9 Å². The molecule has 16 N–H and O–H groups in total. The molecule has 3 aliphatic heterocycles. The fraction of sp³-hybridized carbons (Fsp3) is 0.636. The molecule has 0 unspecified atom stereocenters. The summed E-state index contributed by atoms with van der Waals surface area (Å²) in [6.45, 7) is 0.492. The minimum Gasteiger partial charge on any atom is -0.480 e. The number of carboxylic acids is 1. The van der Waals surface area contributed by atoms with E-state index >= 15 is 0 Å². The molecule has 3 heterocycles. The third-order valence-electron chi connectivity index (χ3n) is 12.2. The van der Waals surface area contributed by atoms with E-state index in [0.29, 0.717) is 57.1 Å². The van der Waals surface area contributed by atoms with E-state index in [2.05, 4.69) is 31.3 Å². The molecule has 3 aliphatic rings. The lowest BCUT2D eigenvalue weighted by atomic mass is 10.0. The first kappa shape index (κ1) is 54.0. The lowest BCUT2D eigenvalue weighted by Crippen LogP contribution is -2.60. The highest BCUT2D eigenvalue weighted by Gasteiger charge is 2.45. The first-order chi connectivity index (χ1) is 32.6. The zero-order valence-electron chi connectivity index (χ0n) is 38.6. The quantitative estimate of drug-likeness (QED) is 0.0243. The van der Waals surface area contributed by atoms with Crippen molar-refractivity contribution in [2.45, 2.75) is 132 Å². The van der Waals surface area contributed by atoms with Gasteiger partial charge < -0.3 is 74.8 Å². The molecule has 0 spiro atoms. The number of hydrogen-bond donors (Lipinski definition) is 11. The van der Waals surface area contributed by atoms with E-state index < -0.39 is 90.3 Å². The van der Waals surface area contributed by atoms with Gasteiger partial charge in [-0.25, -0.2) is 4.79 Å². The van der Waals surface area contributed by atoms with Gasteiger partial charge in [-0.2, -0.15) is 0 Å². The van der Waals surface area contributed by atoms with Crippen LogP contribution < -0.4 is 49.9 Å². The second kappa shape index (κ2) is 27.3. The lowest BCUT2D eigenvalue weighted by molar-refractivity contribution is -0.148. The highest BCUT2D eigenvalue weighted by molar-refractivity contribution is 5.98. The van der Waals surface area contributed by atoms with Gasteiger partial charge in [-0.05, 0) is 89.2 Å². The molecule has 68 heavy (non-hydrogen) atoms. The predicted octanol–water partition coefficient (Wildman–Crippen LogP) is -3.55. The lowest BCUT2D eigenvalue weighted by Gasteiger charge is -2.33. The molecule has 24 heteroatoms. The number of benzene rings is 1. The van der Waals surface area contributed by atoms with Gasteiger partial charge in [-0.1, -0.05) is 30.3 Å². The molecule has 3 fully saturated rings. The number of aliphatic carboxylic acids is 1. The summed E-state index contributed by atoms with van der Waals surface area (Å²) in [6.07, 6.45) is 4.26. The third kappa shape index (κ3) is 16.1. The second-order valence-corrected chi connectivity index (χ2v) is 17.2. The van der Waals surface area contributed by atoms with E-state index in [-0.39, 0.29) is 95.5 Å². The Morgan fingerprint density at radius 2 is 1.15 bits per heavy atom. The molecule has 0 radical (unpaired) electrons. The molecule has 3 saturated heterocycles. The Hall–Kier alpha value is -6.56. The van der Waals surface area contributed by atoms with Crippen LogP contribution in [0, 0.1) is 0 Å². The average molecular weight is 955 g/mol. The zero-order valence-corrected chi connectivity index (χ0v) is 38.6. The van der Waals surface area contributed by atoms with Crippen LogP contribution in [0.5, 0.6) is 0 Å². The van der Waals surface area contributed by atoms with Gasteiger partial charge in [-0.15, -0.1) is 0 Å². The Balaban J connectivity index is 1.43. The smallest absolute Gasteiger partial charge is 0.326 e. The second-order valence-electron chi connectivity index (χ2n) is 17.2. The summed E-state index contributed by atoms with van der Waals surface area (Å²) in [5.74, 6) is -5.73. The Labute approximate surface area is 395 Å². The largest absolute Gasteiger partial charge is 0.480 e. The molecule has 7 amide bonds. The molecule has 0 aliphatic carbocycles. The van der Waals surface area contributed by atoms with E-state index in [1.165, 1.54) is 14.7 Å². The van der Waals surface area contributed by atoms with Crippen LogP contribution in [0.25, 0.3) is 0 Å². The number of rotatable bonds is 26. The number of hydrogen-bond acceptors (Lipinski definition) is 12. The van der Waals surface area contributed by atoms with E-state index in [1.807, 2.05) is 0 Å². The maximum absolute atomic E-state index is 14.2. The van der Waals surface area contributed by atoms with Gasteiger partial charge in [0.1, 0.15) is 42.3 Å². The van der Waals surface area contributed by atoms with Crippen molar-refractivity contribution in [1.29, 1.82) is 0 Å². The summed E-state index contributed by atoms with van der Waals surface area (Å²) in [4.78, 5) is 121. The van der Waals surface area contributed by atoms with Gasteiger partial charge >= 0.3 is 5.97 Å². The van der Waals surface area contributed by atoms with Crippen molar-refractivity contribution in [3.8, 4) is 0 Å². The maximum Gasteiger partial charge on any atom is 0.326 e. The molecule has 1 aromatic carbocycles. The van der Waals surface area contributed by atoms with Crippen molar-refractivity contribution in [2.24, 2.45) is 38.7 Å². The van der Waals surface area contributed by atoms with Crippen LogP contribution >= 0.6 is 0 Å². The van der Waals surface area contributed by atoms with Crippen LogP contribution in [0.15, 0.2) is 40.3 Å². The Morgan fingerprint density at radius 3 is 1.71 bits per heavy atom. The normalized spacial score (nSPS) is 19.5. The van der Waals surface area contributed by atoms with E-state index in [4.69, 9.17) is 28.7 Å². The maximum atomic E-state index is 14.2. The summed E-state index contributed by atoms with van der Waals surface area (Å²) in [6, 6.07) is 0.674. The number of aliphatic hydroxyl groups is 1. The topological polar surface area (TPSA) is 390 Å². The van der Waals surface area contributed by atoms with Gasteiger partial charge in [0.2, 0.25) is 41.4 Å². The highest BCUT2D eigenvalue weighted by atomic mass is 16.4. The Morgan fingerprint density at radius 1 is 0.632 bits per heavy atom. The Kier molecular flexibility index (Phi) is 21.7. The SMILES string of the molecule is NCCCCC(=O)N[C@@H](CCCN=C(N)N)C(=O)N1CCC[C@H]1C(=O)N1CCC[C@H]1C(=O)N[C@@H](CO)C(=O)N1CCC[C@H]1C(=O)N[C@@H](Cc1ccccc1)C(=O)N[C@@H](CCCN=C(N)N)C(=O)O. The van der Waals surface area contributed by atoms with E-state index in [1.54, 1.807) is 30.3 Å². The molecule has 7 atom stereocenters. The van der Waals surface area contributed by atoms with Crippen LogP contribution in [0.4, 0.5) is 0 Å². The first-order valence-electron chi connectivity index (χ1n) is 23.4. The average Bonchev–Trinajstić information content (AvgIpc) is 4.12. The fourth-order valence-corrected chi connectivity index (χ4v) is 8.76. The number of aliphatic hydroxyl groups excluding tert-OH is 1. The number of amides is 7. The zero-order chi connectivity index (χ0) is 49.8. The number of carboxylic acid groups (broad SMARTS) is 1. The molecule has 24 nitrogen and oxygen atoms in total. The summed E-state index contributed by atoms with van der Waals surface area (Å²) in [5.41, 5.74) is 27.9. The van der Waals surface area contributed by atoms with Crippen molar-refractivity contribution in [1.82, 2.24) is 36.0 Å². The summed E-state index contributed by atoms with van der Waals surface area (Å²) in [7, 11) is 0. The van der Waals surface area contributed by atoms with Crippen LogP contribution in [0.1, 0.15) is 89.0 Å². The van der Waals surface area contributed by atoms with Gasteiger partial charge in [0.15, 0.2) is 11.9 Å². The molecule has 4 rings (SSSR count). The number of unbranched alkanes of at least 4 members (excludes halogenated alkanes) is 1. The van der Waals surface area contributed by atoms with Crippen LogP contribution in [0.2, 0.25) is 0 Å². The summed E-state index contributed by atoms with van der Waals surface area (Å²) < 4.78 is 0. The van der Waals surface area contributed by atoms with Crippen molar-refractivity contribution in [3.63, 3.8) is 0 Å². The number of nitrogens with one attached hydrogen (secondary N) is 4. The van der Waals surface area contributed by atoms with E-state index in [9.17, 15) is 48.6 Å². The highest BCUT2D eigenvalue weighted by Crippen LogP contribution is 2.27. The number of aliphatic imine (C=N–C) groups is 2. The van der Waals surface area contributed by atoms with Crippen molar-refractivity contribution in [2.75, 3.05) is 45.9 Å². The molecular formula is C44H70N14O10. The summed E-state index contributed by atoms with van der Waals surface area (Å²) in [5, 5.41) is 30.9. The number of guanidine groups is 2. The molecular weight excluding hydrogens is 885 g/mol. The van der Waals surface area contributed by atoms with Gasteiger partial charge in [0.05, 0.1) is 6.61 Å². The van der Waals surface area contributed by atoms with Crippen molar-refractivity contribution < 1.29 is 48.6 Å².